The highest BCUT2D eigenvalue weighted by molar-refractivity contribution is 4.88. The number of ether oxygens (including phenoxy) is 1. The summed E-state index contributed by atoms with van der Waals surface area (Å²) in [6.45, 7) is 15.6. The highest BCUT2D eigenvalue weighted by atomic mass is 16.5. The molecule has 2 atom stereocenters. The van der Waals surface area contributed by atoms with Crippen LogP contribution in [0.15, 0.2) is 0 Å². The summed E-state index contributed by atoms with van der Waals surface area (Å²) < 4.78 is 5.40. The van der Waals surface area contributed by atoms with Gasteiger partial charge in [-0.3, -0.25) is 0 Å². The number of hydrogen-bond acceptors (Lipinski definition) is 2. The van der Waals surface area contributed by atoms with Crippen molar-refractivity contribution in [1.29, 1.82) is 0 Å². The van der Waals surface area contributed by atoms with E-state index in [-0.39, 0.29) is 5.54 Å². The second-order valence-corrected chi connectivity index (χ2v) is 6.78. The summed E-state index contributed by atoms with van der Waals surface area (Å²) in [4.78, 5) is 0. The summed E-state index contributed by atoms with van der Waals surface area (Å²) in [5, 5.41) is 3.71. The van der Waals surface area contributed by atoms with Gasteiger partial charge in [-0.25, -0.2) is 0 Å². The van der Waals surface area contributed by atoms with E-state index in [4.69, 9.17) is 4.74 Å². The van der Waals surface area contributed by atoms with Gasteiger partial charge in [0.2, 0.25) is 0 Å². The van der Waals surface area contributed by atoms with Crippen LogP contribution in [0.2, 0.25) is 0 Å². The Labute approximate surface area is 115 Å². The lowest BCUT2D eigenvalue weighted by Crippen LogP contribution is -2.47. The Bertz CT molecular complexity index is 210. The van der Waals surface area contributed by atoms with E-state index in [0.29, 0.717) is 11.3 Å². The second-order valence-electron chi connectivity index (χ2n) is 6.78. The van der Waals surface area contributed by atoms with Crippen LogP contribution in [0.1, 0.15) is 67.2 Å². The van der Waals surface area contributed by atoms with Gasteiger partial charge >= 0.3 is 0 Å². The van der Waals surface area contributed by atoms with Crippen LogP contribution in [0.3, 0.4) is 0 Å². The molecule has 0 bridgehead atoms. The molecule has 1 N–H and O–H groups in total. The SMILES string of the molecule is CCCCC(CC)(CNC(C)(C)C)C(C)COC. The first kappa shape index (κ1) is 17.9. The molecule has 0 radical (unpaired) electrons. The summed E-state index contributed by atoms with van der Waals surface area (Å²) in [5.41, 5.74) is 0.568. The maximum atomic E-state index is 5.40. The third-order valence-electron chi connectivity index (χ3n) is 4.17. The number of nitrogens with one attached hydrogen (secondary N) is 1. The van der Waals surface area contributed by atoms with Crippen molar-refractivity contribution < 1.29 is 4.74 Å². The van der Waals surface area contributed by atoms with Crippen LogP contribution in [0, 0.1) is 11.3 Å². The molecule has 18 heavy (non-hydrogen) atoms. The molecule has 110 valence electrons. The quantitative estimate of drug-likeness (QED) is 0.667. The fourth-order valence-corrected chi connectivity index (χ4v) is 2.56. The molecule has 0 aromatic carbocycles. The van der Waals surface area contributed by atoms with Crippen LogP contribution in [0.25, 0.3) is 0 Å². The van der Waals surface area contributed by atoms with Gasteiger partial charge in [0.15, 0.2) is 0 Å². The van der Waals surface area contributed by atoms with E-state index in [2.05, 4.69) is 46.9 Å². The zero-order valence-electron chi connectivity index (χ0n) is 13.7. The maximum absolute atomic E-state index is 5.40. The van der Waals surface area contributed by atoms with Gasteiger partial charge < -0.3 is 10.1 Å². The predicted molar refractivity (Wildman–Crippen MR) is 81.0 cm³/mol. The van der Waals surface area contributed by atoms with Crippen LogP contribution in [0.5, 0.6) is 0 Å². The third kappa shape index (κ3) is 6.19. The van der Waals surface area contributed by atoms with Crippen LogP contribution >= 0.6 is 0 Å². The van der Waals surface area contributed by atoms with E-state index < -0.39 is 0 Å². The zero-order chi connectivity index (χ0) is 14.2. The standard InChI is InChI=1S/C16H35NO/c1-8-10-11-16(9-2,14(3)12-18-7)13-17-15(4,5)6/h14,17H,8-13H2,1-7H3. The Kier molecular flexibility index (Phi) is 8.13. The fraction of sp³-hybridized carbons (Fsp3) is 1.00. The molecule has 2 unspecified atom stereocenters. The minimum absolute atomic E-state index is 0.194. The summed E-state index contributed by atoms with van der Waals surface area (Å²) in [7, 11) is 1.81. The van der Waals surface area contributed by atoms with E-state index in [0.717, 1.165) is 13.2 Å². The molecule has 0 heterocycles. The number of hydrogen-bond donors (Lipinski definition) is 1. The lowest BCUT2D eigenvalue weighted by molar-refractivity contribution is 0.0522. The van der Waals surface area contributed by atoms with Crippen molar-refractivity contribution in [3.8, 4) is 0 Å². The van der Waals surface area contributed by atoms with Crippen LogP contribution < -0.4 is 5.32 Å². The molecule has 2 heteroatoms. The Morgan fingerprint density at radius 3 is 2.17 bits per heavy atom. The maximum Gasteiger partial charge on any atom is 0.0493 e. The molecule has 0 saturated heterocycles. The molecular formula is C16H35NO. The number of methoxy groups -OCH3 is 1. The molecule has 0 fully saturated rings. The summed E-state index contributed by atoms with van der Waals surface area (Å²) in [5.74, 6) is 0.605. The Morgan fingerprint density at radius 2 is 1.78 bits per heavy atom. The van der Waals surface area contributed by atoms with Gasteiger partial charge in [-0.15, -0.1) is 0 Å². The molecule has 0 saturated carbocycles. The highest BCUT2D eigenvalue weighted by Crippen LogP contribution is 2.37. The summed E-state index contributed by atoms with van der Waals surface area (Å²) >= 11 is 0. The van der Waals surface area contributed by atoms with Crippen molar-refractivity contribution >= 4 is 0 Å². The molecule has 0 aromatic rings. The van der Waals surface area contributed by atoms with Crippen molar-refractivity contribution in [1.82, 2.24) is 5.32 Å². The first-order chi connectivity index (χ1) is 8.31. The van der Waals surface area contributed by atoms with Gasteiger partial charge in [-0.1, -0.05) is 33.6 Å². The molecular weight excluding hydrogens is 222 g/mol. The summed E-state index contributed by atoms with van der Waals surface area (Å²) in [6.07, 6.45) is 5.11. The Morgan fingerprint density at radius 1 is 1.17 bits per heavy atom. The van der Waals surface area contributed by atoms with E-state index in [1.165, 1.54) is 25.7 Å². The van der Waals surface area contributed by atoms with E-state index in [9.17, 15) is 0 Å². The largest absolute Gasteiger partial charge is 0.384 e. The molecule has 0 aliphatic heterocycles. The first-order valence-electron chi connectivity index (χ1n) is 7.55. The van der Waals surface area contributed by atoms with Crippen molar-refractivity contribution in [2.24, 2.45) is 11.3 Å². The van der Waals surface area contributed by atoms with Crippen molar-refractivity contribution in [2.45, 2.75) is 72.8 Å². The topological polar surface area (TPSA) is 21.3 Å². The van der Waals surface area contributed by atoms with Crippen LogP contribution in [-0.4, -0.2) is 25.8 Å². The van der Waals surface area contributed by atoms with Crippen molar-refractivity contribution in [3.05, 3.63) is 0 Å². The van der Waals surface area contributed by atoms with Gasteiger partial charge in [0.1, 0.15) is 0 Å². The lowest BCUT2D eigenvalue weighted by Gasteiger charge is -2.41. The van der Waals surface area contributed by atoms with Gasteiger partial charge in [-0.2, -0.15) is 0 Å². The van der Waals surface area contributed by atoms with Gasteiger partial charge in [0.05, 0.1) is 0 Å². The average Bonchev–Trinajstić information content (AvgIpc) is 2.29. The Balaban J connectivity index is 4.74. The molecule has 0 spiro atoms. The molecule has 2 nitrogen and oxygen atoms in total. The Hall–Kier alpha value is -0.0800. The third-order valence-corrected chi connectivity index (χ3v) is 4.17. The predicted octanol–water partition coefficient (Wildman–Crippen LogP) is 4.24. The second kappa shape index (κ2) is 8.16. The first-order valence-corrected chi connectivity index (χ1v) is 7.55. The van der Waals surface area contributed by atoms with E-state index in [1.807, 2.05) is 7.11 Å². The van der Waals surface area contributed by atoms with Crippen LogP contribution in [-0.2, 0) is 4.74 Å². The zero-order valence-corrected chi connectivity index (χ0v) is 13.7. The van der Waals surface area contributed by atoms with Gasteiger partial charge in [-0.05, 0) is 44.9 Å². The van der Waals surface area contributed by atoms with E-state index in [1.54, 1.807) is 0 Å². The highest BCUT2D eigenvalue weighted by Gasteiger charge is 2.34. The average molecular weight is 257 g/mol. The molecule has 0 aromatic heterocycles. The monoisotopic (exact) mass is 257 g/mol. The van der Waals surface area contributed by atoms with E-state index >= 15 is 0 Å². The van der Waals surface area contributed by atoms with Crippen molar-refractivity contribution in [3.63, 3.8) is 0 Å². The number of unbranched alkanes of at least 4 members (excludes halogenated alkanes) is 1. The minimum Gasteiger partial charge on any atom is -0.384 e. The summed E-state index contributed by atoms with van der Waals surface area (Å²) in [6, 6.07) is 0. The van der Waals surface area contributed by atoms with Crippen LogP contribution in [0.4, 0.5) is 0 Å². The fourth-order valence-electron chi connectivity index (χ4n) is 2.56. The molecule has 0 aliphatic rings. The minimum atomic E-state index is 0.194. The lowest BCUT2D eigenvalue weighted by atomic mass is 9.70. The smallest absolute Gasteiger partial charge is 0.0493 e. The van der Waals surface area contributed by atoms with Gasteiger partial charge in [0.25, 0.3) is 0 Å². The molecule has 0 amide bonds. The molecule has 0 aliphatic carbocycles. The molecule has 0 rings (SSSR count). The normalized spacial score (nSPS) is 17.5. The van der Waals surface area contributed by atoms with Gasteiger partial charge in [0, 0.05) is 25.8 Å². The number of rotatable bonds is 9. The van der Waals surface area contributed by atoms with Crippen molar-refractivity contribution in [2.75, 3.05) is 20.3 Å².